The summed E-state index contributed by atoms with van der Waals surface area (Å²) in [7, 11) is -4.22. The minimum absolute atomic E-state index is 0.168. The minimum Gasteiger partial charge on any atom is -0.381 e. The second-order valence-corrected chi connectivity index (χ2v) is 7.95. The maximum atomic E-state index is 13.4. The standard InChI is InChI=1S/C17H18F3N3O2S/c18-17(19,20)15-9-14(22-10-13-5-7-21-8-6-13)3-4-16(15)26(24,25)23-11-12-1-2-12/h3-9,12,22-23H,1-2,10-11H2. The van der Waals surface area contributed by atoms with Crippen molar-refractivity contribution in [1.82, 2.24) is 9.71 Å². The van der Waals surface area contributed by atoms with E-state index in [1.165, 1.54) is 6.07 Å². The summed E-state index contributed by atoms with van der Waals surface area (Å²) in [6.07, 6.45) is 0.176. The highest BCUT2D eigenvalue weighted by Crippen LogP contribution is 2.36. The summed E-state index contributed by atoms with van der Waals surface area (Å²) in [4.78, 5) is 3.12. The summed E-state index contributed by atoms with van der Waals surface area (Å²) in [6, 6.07) is 6.62. The van der Waals surface area contributed by atoms with Crippen LogP contribution in [0.5, 0.6) is 0 Å². The van der Waals surface area contributed by atoms with Gasteiger partial charge in [0, 0.05) is 31.2 Å². The third-order valence-electron chi connectivity index (χ3n) is 4.08. The van der Waals surface area contributed by atoms with Crippen LogP contribution in [-0.2, 0) is 22.7 Å². The maximum Gasteiger partial charge on any atom is 0.417 e. The number of nitrogens with zero attached hydrogens (tertiary/aromatic N) is 1. The van der Waals surface area contributed by atoms with Gasteiger partial charge in [-0.3, -0.25) is 4.98 Å². The molecule has 1 aliphatic rings. The number of aromatic nitrogens is 1. The van der Waals surface area contributed by atoms with Crippen molar-refractivity contribution in [3.05, 3.63) is 53.9 Å². The Balaban J connectivity index is 1.83. The molecule has 9 heteroatoms. The fourth-order valence-corrected chi connectivity index (χ4v) is 3.75. The molecule has 26 heavy (non-hydrogen) atoms. The van der Waals surface area contributed by atoms with Crippen molar-refractivity contribution >= 4 is 15.7 Å². The lowest BCUT2D eigenvalue weighted by atomic mass is 10.2. The van der Waals surface area contributed by atoms with Gasteiger partial charge in [0.2, 0.25) is 10.0 Å². The normalized spacial score (nSPS) is 15.0. The van der Waals surface area contributed by atoms with Crippen molar-refractivity contribution in [3.8, 4) is 0 Å². The van der Waals surface area contributed by atoms with Crippen LogP contribution in [0.25, 0.3) is 0 Å². The number of benzene rings is 1. The highest BCUT2D eigenvalue weighted by molar-refractivity contribution is 7.89. The van der Waals surface area contributed by atoms with E-state index in [-0.39, 0.29) is 18.2 Å². The molecule has 0 saturated heterocycles. The molecular formula is C17H18F3N3O2S. The van der Waals surface area contributed by atoms with Crippen LogP contribution in [0.3, 0.4) is 0 Å². The number of hydrogen-bond acceptors (Lipinski definition) is 4. The average molecular weight is 385 g/mol. The molecule has 2 aromatic rings. The van der Waals surface area contributed by atoms with Gasteiger partial charge in [-0.15, -0.1) is 0 Å². The summed E-state index contributed by atoms with van der Waals surface area (Å²) in [5, 5.41) is 2.87. The van der Waals surface area contributed by atoms with Crippen molar-refractivity contribution in [2.45, 2.75) is 30.5 Å². The first kappa shape index (κ1) is 18.7. The Morgan fingerprint density at radius 2 is 1.81 bits per heavy atom. The zero-order valence-corrected chi connectivity index (χ0v) is 14.6. The van der Waals surface area contributed by atoms with Gasteiger partial charge in [0.05, 0.1) is 10.5 Å². The van der Waals surface area contributed by atoms with E-state index in [9.17, 15) is 21.6 Å². The zero-order valence-electron chi connectivity index (χ0n) is 13.8. The fourth-order valence-electron chi connectivity index (χ4n) is 2.43. The second kappa shape index (κ2) is 7.24. The Bertz CT molecular complexity index is 867. The van der Waals surface area contributed by atoms with E-state index in [1.54, 1.807) is 24.5 Å². The first-order valence-corrected chi connectivity index (χ1v) is 9.58. The first-order valence-electron chi connectivity index (χ1n) is 8.09. The Labute approximate surface area is 149 Å². The van der Waals surface area contributed by atoms with Crippen molar-refractivity contribution in [1.29, 1.82) is 0 Å². The molecule has 0 radical (unpaired) electrons. The highest BCUT2D eigenvalue weighted by atomic mass is 32.2. The molecule has 0 atom stereocenters. The average Bonchev–Trinajstić information content (AvgIpc) is 3.43. The molecule has 0 bridgehead atoms. The molecule has 0 amide bonds. The summed E-state index contributed by atoms with van der Waals surface area (Å²) >= 11 is 0. The highest BCUT2D eigenvalue weighted by Gasteiger charge is 2.38. The van der Waals surface area contributed by atoms with Gasteiger partial charge < -0.3 is 5.32 Å². The van der Waals surface area contributed by atoms with Crippen LogP contribution in [-0.4, -0.2) is 19.9 Å². The van der Waals surface area contributed by atoms with Gasteiger partial charge in [0.25, 0.3) is 0 Å². The molecule has 0 aliphatic heterocycles. The van der Waals surface area contributed by atoms with Gasteiger partial charge in [-0.25, -0.2) is 13.1 Å². The van der Waals surface area contributed by atoms with Crippen molar-refractivity contribution in [3.63, 3.8) is 0 Å². The molecule has 1 aliphatic carbocycles. The number of anilines is 1. The second-order valence-electron chi connectivity index (χ2n) is 6.21. The number of pyridine rings is 1. The Kier molecular flexibility index (Phi) is 5.19. The number of alkyl halides is 3. The maximum absolute atomic E-state index is 13.4. The number of halogens is 3. The lowest BCUT2D eigenvalue weighted by Gasteiger charge is -2.16. The van der Waals surface area contributed by atoms with E-state index in [0.717, 1.165) is 30.5 Å². The van der Waals surface area contributed by atoms with E-state index in [2.05, 4.69) is 15.0 Å². The lowest BCUT2D eigenvalue weighted by molar-refractivity contribution is -0.139. The van der Waals surface area contributed by atoms with Gasteiger partial charge in [0.15, 0.2) is 0 Å². The molecule has 1 saturated carbocycles. The van der Waals surface area contributed by atoms with Crippen molar-refractivity contribution in [2.24, 2.45) is 5.92 Å². The van der Waals surface area contributed by atoms with Crippen LogP contribution in [0.2, 0.25) is 0 Å². The SMILES string of the molecule is O=S(=O)(NCC1CC1)c1ccc(NCc2ccncc2)cc1C(F)(F)F. The monoisotopic (exact) mass is 385 g/mol. The summed E-state index contributed by atoms with van der Waals surface area (Å²) in [5.74, 6) is 0.223. The zero-order chi connectivity index (χ0) is 18.8. The smallest absolute Gasteiger partial charge is 0.381 e. The number of hydrogen-bond donors (Lipinski definition) is 2. The largest absolute Gasteiger partial charge is 0.417 e. The molecule has 2 N–H and O–H groups in total. The van der Waals surface area contributed by atoms with Gasteiger partial charge in [-0.1, -0.05) is 0 Å². The van der Waals surface area contributed by atoms with Crippen molar-refractivity contribution in [2.75, 3.05) is 11.9 Å². The Morgan fingerprint density at radius 1 is 1.12 bits per heavy atom. The van der Waals surface area contributed by atoms with E-state index in [1.807, 2.05) is 0 Å². The number of rotatable bonds is 7. The molecule has 1 aromatic carbocycles. The molecule has 1 fully saturated rings. The molecule has 3 rings (SSSR count). The van der Waals surface area contributed by atoms with Gasteiger partial charge >= 0.3 is 6.18 Å². The molecular weight excluding hydrogens is 367 g/mol. The summed E-state index contributed by atoms with van der Waals surface area (Å²) in [6.45, 7) is 0.466. The predicted molar refractivity (Wildman–Crippen MR) is 90.9 cm³/mol. The van der Waals surface area contributed by atoms with Crippen LogP contribution in [0.4, 0.5) is 18.9 Å². The van der Waals surface area contributed by atoms with Gasteiger partial charge in [-0.05, 0) is 54.7 Å². The third kappa shape index (κ3) is 4.73. The van der Waals surface area contributed by atoms with Crippen LogP contribution in [0.1, 0.15) is 24.0 Å². The topological polar surface area (TPSA) is 71.1 Å². The van der Waals surface area contributed by atoms with Gasteiger partial charge in [0.1, 0.15) is 0 Å². The number of sulfonamides is 1. The molecule has 1 aromatic heterocycles. The van der Waals surface area contributed by atoms with E-state index >= 15 is 0 Å². The fraction of sp³-hybridized carbons (Fsp3) is 0.353. The molecule has 5 nitrogen and oxygen atoms in total. The quantitative estimate of drug-likeness (QED) is 0.766. The molecule has 140 valence electrons. The van der Waals surface area contributed by atoms with Crippen LogP contribution in [0.15, 0.2) is 47.6 Å². The van der Waals surface area contributed by atoms with E-state index in [4.69, 9.17) is 0 Å². The Morgan fingerprint density at radius 3 is 2.42 bits per heavy atom. The molecule has 0 spiro atoms. The van der Waals surface area contributed by atoms with Crippen LogP contribution < -0.4 is 10.0 Å². The minimum atomic E-state index is -4.78. The Hall–Kier alpha value is -2.13. The van der Waals surface area contributed by atoms with Crippen LogP contribution >= 0.6 is 0 Å². The third-order valence-corrected chi connectivity index (χ3v) is 5.56. The molecule has 1 heterocycles. The number of nitrogens with one attached hydrogen (secondary N) is 2. The van der Waals surface area contributed by atoms with E-state index < -0.39 is 26.7 Å². The van der Waals surface area contributed by atoms with Crippen LogP contribution in [0, 0.1) is 5.92 Å². The summed E-state index contributed by atoms with van der Waals surface area (Å²) in [5.41, 5.74) is -0.146. The summed E-state index contributed by atoms with van der Waals surface area (Å²) < 4.78 is 67.1. The van der Waals surface area contributed by atoms with Gasteiger partial charge in [-0.2, -0.15) is 13.2 Å². The lowest BCUT2D eigenvalue weighted by Crippen LogP contribution is -2.28. The van der Waals surface area contributed by atoms with Crippen molar-refractivity contribution < 1.29 is 21.6 Å². The van der Waals surface area contributed by atoms with E-state index in [0.29, 0.717) is 6.54 Å². The molecule has 0 unspecified atom stereocenters. The predicted octanol–water partition coefficient (Wildman–Crippen LogP) is 3.40. The first-order chi connectivity index (χ1) is 12.3.